The second kappa shape index (κ2) is 8.03. The van der Waals surface area contributed by atoms with E-state index in [1.54, 1.807) is 13.8 Å². The quantitative estimate of drug-likeness (QED) is 0.308. The molecule has 0 amide bonds. The number of hydrogen-bond donors (Lipinski definition) is 1. The number of ketones is 1. The van der Waals surface area contributed by atoms with E-state index in [2.05, 4.69) is 0 Å². The molecule has 2 heterocycles. The summed E-state index contributed by atoms with van der Waals surface area (Å²) in [6, 6.07) is 0. The number of hydrogen-bond acceptors (Lipinski definition) is 5. The average Bonchev–Trinajstić information content (AvgIpc) is 2.97. The van der Waals surface area contributed by atoms with Crippen molar-refractivity contribution in [2.24, 2.45) is 16.7 Å². The number of rotatable bonds is 5. The summed E-state index contributed by atoms with van der Waals surface area (Å²) in [5, 5.41) is 10.3. The lowest BCUT2D eigenvalue weighted by atomic mass is 9.68. The van der Waals surface area contributed by atoms with Crippen LogP contribution in [0.15, 0.2) is 59.8 Å². The number of fused-ring (bicyclic) bond motifs is 2. The van der Waals surface area contributed by atoms with Crippen molar-refractivity contribution in [1.29, 1.82) is 0 Å². The number of carbonyl (C=O) groups excluding carboxylic acids is 2. The first kappa shape index (κ1) is 23.4. The topological polar surface area (TPSA) is 72.8 Å². The maximum Gasteiger partial charge on any atom is 0.320 e. The summed E-state index contributed by atoms with van der Waals surface area (Å²) in [5.41, 5.74) is -0.633. The van der Waals surface area contributed by atoms with Gasteiger partial charge in [0.2, 0.25) is 0 Å². The van der Waals surface area contributed by atoms with E-state index in [0.29, 0.717) is 0 Å². The van der Waals surface area contributed by atoms with Gasteiger partial charge in [-0.25, -0.2) is 0 Å². The van der Waals surface area contributed by atoms with E-state index in [9.17, 15) is 14.7 Å². The molecular formula is C26H34O5. The van der Waals surface area contributed by atoms with Crippen molar-refractivity contribution in [3.8, 4) is 0 Å². The van der Waals surface area contributed by atoms with Gasteiger partial charge in [0.15, 0.2) is 5.78 Å². The number of Topliss-reactive ketones (excluding diaryl/α,β-unsaturated/α-hetero) is 1. The van der Waals surface area contributed by atoms with Gasteiger partial charge in [0, 0.05) is 5.41 Å². The molecular weight excluding hydrogens is 392 g/mol. The molecule has 0 spiro atoms. The Bertz CT molecular complexity index is 918. The van der Waals surface area contributed by atoms with Crippen LogP contribution in [0.5, 0.6) is 0 Å². The van der Waals surface area contributed by atoms with Gasteiger partial charge < -0.3 is 14.6 Å². The summed E-state index contributed by atoms with van der Waals surface area (Å²) in [5.74, 6) is -0.724. The van der Waals surface area contributed by atoms with E-state index in [-0.39, 0.29) is 23.9 Å². The molecule has 1 saturated carbocycles. The summed E-state index contributed by atoms with van der Waals surface area (Å²) in [6.45, 7) is 13.1. The molecule has 5 nitrogen and oxygen atoms in total. The Kier molecular flexibility index (Phi) is 6.07. The van der Waals surface area contributed by atoms with Crippen LogP contribution < -0.4 is 0 Å². The molecule has 2 fully saturated rings. The number of aliphatic hydroxyl groups is 1. The van der Waals surface area contributed by atoms with Gasteiger partial charge in [-0.2, -0.15) is 0 Å². The molecule has 0 aromatic rings. The fraction of sp³-hybridized carbons (Fsp3) is 0.538. The Morgan fingerprint density at radius 2 is 1.68 bits per heavy atom. The zero-order valence-corrected chi connectivity index (χ0v) is 19.5. The van der Waals surface area contributed by atoms with Crippen LogP contribution in [-0.2, 0) is 19.1 Å². The van der Waals surface area contributed by atoms with Gasteiger partial charge in [-0.15, -0.1) is 0 Å². The first-order chi connectivity index (χ1) is 14.4. The smallest absolute Gasteiger partial charge is 0.320 e. The molecule has 0 aromatic heterocycles. The summed E-state index contributed by atoms with van der Waals surface area (Å²) in [4.78, 5) is 24.8. The van der Waals surface area contributed by atoms with Gasteiger partial charge in [-0.3, -0.25) is 9.59 Å². The highest BCUT2D eigenvalue weighted by molar-refractivity contribution is 6.10. The monoisotopic (exact) mass is 426 g/mol. The minimum absolute atomic E-state index is 0.0320. The van der Waals surface area contributed by atoms with E-state index in [1.165, 1.54) is 0 Å². The second-order valence-corrected chi connectivity index (χ2v) is 9.70. The molecule has 168 valence electrons. The third-order valence-corrected chi connectivity index (χ3v) is 7.43. The largest absolute Gasteiger partial charge is 0.460 e. The van der Waals surface area contributed by atoms with E-state index in [0.717, 1.165) is 11.1 Å². The van der Waals surface area contributed by atoms with Crippen molar-refractivity contribution in [3.63, 3.8) is 0 Å². The minimum Gasteiger partial charge on any atom is -0.460 e. The van der Waals surface area contributed by atoms with Crippen molar-refractivity contribution < 1.29 is 24.2 Å². The van der Waals surface area contributed by atoms with Gasteiger partial charge in [-0.1, -0.05) is 56.4 Å². The van der Waals surface area contributed by atoms with Gasteiger partial charge in [0.25, 0.3) is 0 Å². The predicted octanol–water partition coefficient (Wildman–Crippen LogP) is 4.24. The standard InChI is InChI=1S/C26H34O5/c1-16(20-17(2)15-25(6,29)19(4)30-20)13-11-9-8-10-12-14-24(5)22-18(3)21(27)26(24,7)23(28)31-22/h8-15,18-20,22,29H,1-7H3/b10-8+,11-9+,14-12+,16-13+/t18-,19-,20-,22-,24-,25-,26-/m0/s1. The lowest BCUT2D eigenvalue weighted by molar-refractivity contribution is -0.161. The van der Waals surface area contributed by atoms with E-state index >= 15 is 0 Å². The van der Waals surface area contributed by atoms with Gasteiger partial charge >= 0.3 is 5.97 Å². The Morgan fingerprint density at radius 1 is 1.06 bits per heavy atom. The van der Waals surface area contributed by atoms with Crippen molar-refractivity contribution in [3.05, 3.63) is 59.8 Å². The molecule has 3 aliphatic rings. The molecule has 5 heteroatoms. The predicted molar refractivity (Wildman–Crippen MR) is 120 cm³/mol. The lowest BCUT2D eigenvalue weighted by Crippen LogP contribution is -2.44. The molecule has 0 radical (unpaired) electrons. The molecule has 2 aliphatic heterocycles. The lowest BCUT2D eigenvalue weighted by Gasteiger charge is -2.37. The van der Waals surface area contributed by atoms with Crippen molar-refractivity contribution in [1.82, 2.24) is 0 Å². The van der Waals surface area contributed by atoms with Crippen molar-refractivity contribution in [2.45, 2.75) is 72.4 Å². The van der Waals surface area contributed by atoms with Crippen LogP contribution in [0, 0.1) is 16.7 Å². The molecule has 1 saturated heterocycles. The maximum absolute atomic E-state index is 12.6. The van der Waals surface area contributed by atoms with E-state index in [4.69, 9.17) is 9.47 Å². The van der Waals surface area contributed by atoms with Crippen LogP contribution >= 0.6 is 0 Å². The fourth-order valence-electron chi connectivity index (χ4n) is 5.01. The van der Waals surface area contributed by atoms with Gasteiger partial charge in [0.1, 0.15) is 17.1 Å². The van der Waals surface area contributed by atoms with E-state index in [1.807, 2.05) is 83.2 Å². The summed E-state index contributed by atoms with van der Waals surface area (Å²) in [7, 11) is 0. The number of esters is 1. The highest BCUT2D eigenvalue weighted by Gasteiger charge is 2.73. The van der Waals surface area contributed by atoms with E-state index < -0.39 is 28.5 Å². The van der Waals surface area contributed by atoms with Crippen molar-refractivity contribution in [2.75, 3.05) is 0 Å². The first-order valence-electron chi connectivity index (χ1n) is 10.9. The summed E-state index contributed by atoms with van der Waals surface area (Å²) >= 11 is 0. The van der Waals surface area contributed by atoms with Gasteiger partial charge in [0.05, 0.1) is 18.1 Å². The van der Waals surface area contributed by atoms with Crippen LogP contribution in [0.4, 0.5) is 0 Å². The Labute approximate surface area is 185 Å². The fourth-order valence-corrected chi connectivity index (χ4v) is 5.01. The number of ether oxygens (including phenoxy) is 2. The number of carbonyl (C=O) groups is 2. The molecule has 31 heavy (non-hydrogen) atoms. The zero-order valence-electron chi connectivity index (χ0n) is 19.5. The Morgan fingerprint density at radius 3 is 2.32 bits per heavy atom. The highest BCUT2D eigenvalue weighted by atomic mass is 16.6. The number of allylic oxidation sites excluding steroid dienone is 6. The average molecular weight is 427 g/mol. The van der Waals surface area contributed by atoms with Crippen LogP contribution in [0.3, 0.4) is 0 Å². The SMILES string of the molecule is CC1=C[C@](C)(O)[C@H](C)O[C@H]1/C(C)=C/C=C/C=C/C=C/[C@@]1(C)[C@H]2OC(=O)[C@]1(C)C(=O)[C@@H]2C. The summed E-state index contributed by atoms with van der Waals surface area (Å²) in [6.07, 6.45) is 14.5. The van der Waals surface area contributed by atoms with Crippen molar-refractivity contribution >= 4 is 11.8 Å². The molecule has 2 bridgehead atoms. The highest BCUT2D eigenvalue weighted by Crippen LogP contribution is 2.60. The molecule has 0 aromatic carbocycles. The first-order valence-corrected chi connectivity index (χ1v) is 10.9. The van der Waals surface area contributed by atoms with Crippen LogP contribution in [0.2, 0.25) is 0 Å². The maximum atomic E-state index is 12.6. The third-order valence-electron chi connectivity index (χ3n) is 7.43. The second-order valence-electron chi connectivity index (χ2n) is 9.70. The summed E-state index contributed by atoms with van der Waals surface area (Å²) < 4.78 is 11.5. The molecule has 7 atom stereocenters. The van der Waals surface area contributed by atoms with Crippen LogP contribution in [0.25, 0.3) is 0 Å². The Balaban J connectivity index is 1.64. The van der Waals surface area contributed by atoms with Gasteiger partial charge in [-0.05, 0) is 51.8 Å². The normalized spacial score (nSPS) is 43.5. The van der Waals surface area contributed by atoms with Crippen LogP contribution in [0.1, 0.15) is 48.5 Å². The minimum atomic E-state index is -1.11. The Hall–Kier alpha value is -2.24. The molecule has 3 rings (SSSR count). The zero-order chi connectivity index (χ0) is 23.2. The molecule has 1 N–H and O–H groups in total. The third kappa shape index (κ3) is 3.68. The molecule has 0 unspecified atom stereocenters. The van der Waals surface area contributed by atoms with Crippen LogP contribution in [-0.4, -0.2) is 40.8 Å². The molecule has 1 aliphatic carbocycles.